The van der Waals surface area contributed by atoms with Gasteiger partial charge in [0.25, 0.3) is 26.1 Å². The summed E-state index contributed by atoms with van der Waals surface area (Å²) in [6, 6.07) is -1.44. The zero-order valence-electron chi connectivity index (χ0n) is 35.7. The fourth-order valence-electron chi connectivity index (χ4n) is 13.4. The Kier molecular flexibility index (Phi) is 14.6. The molecule has 0 saturated heterocycles. The van der Waals surface area contributed by atoms with Gasteiger partial charge in [-0.2, -0.15) is 16.8 Å². The average Bonchev–Trinajstić information content (AvgIpc) is 3.19. The summed E-state index contributed by atoms with van der Waals surface area (Å²) >= 11 is 0. The molecule has 1 aliphatic heterocycles. The lowest BCUT2D eigenvalue weighted by Gasteiger charge is -2.57. The SMILES string of the molecule is CCCCCCCCC1CCC(OC2CC(NC3C(C)CCC(S(=O)(=O)O)C3C)C3C(=O)C4CCCCC4C4=C(C(=O)C5CCCCC5)C(=O)NC2C43)CC1S(=O)(=O)O. The maximum Gasteiger partial charge on any atom is 0.268 e. The van der Waals surface area contributed by atoms with Gasteiger partial charge in [0, 0.05) is 35.8 Å². The second-order valence-electron chi connectivity index (χ2n) is 20.0. The smallest absolute Gasteiger partial charge is 0.268 e. The second-order valence-corrected chi connectivity index (χ2v) is 23.2. The first-order valence-electron chi connectivity index (χ1n) is 23.6. The van der Waals surface area contributed by atoms with E-state index in [1.54, 1.807) is 0 Å². The predicted molar refractivity (Wildman–Crippen MR) is 226 cm³/mol. The summed E-state index contributed by atoms with van der Waals surface area (Å²) in [4.78, 5) is 44.1. The first kappa shape index (κ1) is 45.3. The first-order valence-corrected chi connectivity index (χ1v) is 26.6. The highest BCUT2D eigenvalue weighted by Crippen LogP contribution is 2.55. The minimum Gasteiger partial charge on any atom is -0.373 e. The van der Waals surface area contributed by atoms with Crippen LogP contribution >= 0.6 is 0 Å². The van der Waals surface area contributed by atoms with Crippen LogP contribution in [0.4, 0.5) is 0 Å². The van der Waals surface area contributed by atoms with Crippen LogP contribution in [0.5, 0.6) is 0 Å². The molecule has 0 aromatic carbocycles. The monoisotopic (exact) mass is 864 g/mol. The van der Waals surface area contributed by atoms with Crippen molar-refractivity contribution in [2.45, 2.75) is 203 Å². The van der Waals surface area contributed by atoms with Gasteiger partial charge in [-0.25, -0.2) is 0 Å². The maximum atomic E-state index is 15.0. The van der Waals surface area contributed by atoms with Crippen molar-refractivity contribution in [3.05, 3.63) is 11.1 Å². The number of ether oxygens (including phenoxy) is 1. The number of fused-ring (bicyclic) bond motifs is 2. The number of rotatable bonds is 15. The summed E-state index contributed by atoms with van der Waals surface area (Å²) in [5.74, 6) is -2.81. The summed E-state index contributed by atoms with van der Waals surface area (Å²) in [6.45, 7) is 6.09. The van der Waals surface area contributed by atoms with Crippen molar-refractivity contribution < 1.29 is 45.1 Å². The molecule has 12 nitrogen and oxygen atoms in total. The van der Waals surface area contributed by atoms with E-state index in [1.807, 2.05) is 6.92 Å². The maximum absolute atomic E-state index is 15.0. The minimum absolute atomic E-state index is 0.0446. The second kappa shape index (κ2) is 19.0. The molecular weight excluding hydrogens is 793 g/mol. The molecule has 0 spiro atoms. The van der Waals surface area contributed by atoms with E-state index in [0.29, 0.717) is 38.5 Å². The van der Waals surface area contributed by atoms with Crippen molar-refractivity contribution in [2.75, 3.05) is 0 Å². The lowest BCUT2D eigenvalue weighted by atomic mass is 9.51. The summed E-state index contributed by atoms with van der Waals surface area (Å²) in [5.41, 5.74) is 1.07. The first-order chi connectivity index (χ1) is 28.1. The van der Waals surface area contributed by atoms with Crippen LogP contribution in [0.25, 0.3) is 0 Å². The summed E-state index contributed by atoms with van der Waals surface area (Å²) in [6.07, 6.45) is 16.3. The molecule has 14 atom stereocenters. The normalized spacial score (nSPS) is 39.6. The fraction of sp³-hybridized carbons (Fsp3) is 0.889. The largest absolute Gasteiger partial charge is 0.373 e. The molecule has 6 aliphatic carbocycles. The molecule has 0 radical (unpaired) electrons. The highest BCUT2D eigenvalue weighted by Gasteiger charge is 2.61. The number of carbonyl (C=O) groups is 3. The Balaban J connectivity index is 1.23. The average molecular weight is 865 g/mol. The highest BCUT2D eigenvalue weighted by atomic mass is 32.2. The summed E-state index contributed by atoms with van der Waals surface area (Å²) in [5, 5.41) is 5.14. The van der Waals surface area contributed by atoms with Crippen molar-refractivity contribution >= 4 is 37.7 Å². The Hall–Kier alpha value is -1.71. The van der Waals surface area contributed by atoms with E-state index in [4.69, 9.17) is 4.74 Å². The number of amides is 1. The number of hydrogen-bond acceptors (Lipinski definition) is 9. The van der Waals surface area contributed by atoms with Gasteiger partial charge >= 0.3 is 0 Å². The van der Waals surface area contributed by atoms with E-state index >= 15 is 4.79 Å². The van der Waals surface area contributed by atoms with Crippen LogP contribution in [0.3, 0.4) is 0 Å². The number of carbonyl (C=O) groups excluding carboxylic acids is 3. The van der Waals surface area contributed by atoms with Gasteiger partial charge in [0.15, 0.2) is 5.78 Å². The number of Topliss-reactive ketones (excluding diaryl/α,β-unsaturated/α-hetero) is 2. The zero-order valence-corrected chi connectivity index (χ0v) is 37.3. The van der Waals surface area contributed by atoms with Crippen LogP contribution in [-0.4, -0.2) is 84.2 Å². The van der Waals surface area contributed by atoms with Crippen molar-refractivity contribution in [1.29, 1.82) is 0 Å². The van der Waals surface area contributed by atoms with Gasteiger partial charge in [0.1, 0.15) is 5.78 Å². The molecule has 7 rings (SSSR count). The number of nitrogens with one attached hydrogen (secondary N) is 2. The van der Waals surface area contributed by atoms with Crippen molar-refractivity contribution in [2.24, 2.45) is 47.3 Å². The van der Waals surface area contributed by atoms with Gasteiger partial charge < -0.3 is 15.4 Å². The van der Waals surface area contributed by atoms with Gasteiger partial charge in [-0.15, -0.1) is 0 Å². The third kappa shape index (κ3) is 9.63. The van der Waals surface area contributed by atoms with Gasteiger partial charge in [-0.1, -0.05) is 91.4 Å². The molecule has 14 heteroatoms. The topological polar surface area (TPSA) is 193 Å². The quantitative estimate of drug-likeness (QED) is 0.0741. The summed E-state index contributed by atoms with van der Waals surface area (Å²) in [7, 11) is -8.70. The van der Waals surface area contributed by atoms with Crippen LogP contribution in [0.2, 0.25) is 0 Å². The molecule has 4 N–H and O–H groups in total. The third-order valence-electron chi connectivity index (χ3n) is 16.4. The lowest BCUT2D eigenvalue weighted by molar-refractivity contribution is -0.149. The molecule has 1 amide bonds. The minimum atomic E-state index is -4.37. The van der Waals surface area contributed by atoms with Gasteiger partial charge in [0.2, 0.25) is 0 Å². The highest BCUT2D eigenvalue weighted by molar-refractivity contribution is 7.86. The molecule has 0 aromatic heterocycles. The zero-order chi connectivity index (χ0) is 42.2. The van der Waals surface area contributed by atoms with Gasteiger partial charge in [-0.3, -0.25) is 23.5 Å². The third-order valence-corrected chi connectivity index (χ3v) is 19.1. The van der Waals surface area contributed by atoms with Crippen LogP contribution in [0, 0.1) is 47.3 Å². The molecule has 6 saturated carbocycles. The van der Waals surface area contributed by atoms with Crippen molar-refractivity contribution in [3.63, 3.8) is 0 Å². The Morgan fingerprint density at radius 2 is 1.42 bits per heavy atom. The standard InChI is InChI=1S/C45H72N2O10S2/c1-4-5-6-7-8-10-15-28-21-22-30(24-36(28)59(54,55)56)57-34-25-33(46-41-26(2)20-23-35(27(41)3)58(51,52)53)38-39-37(31-18-13-14-19-32(31)44(38)49)40(45(50)47-42(34)39)43(48)29-16-11-9-12-17-29/h26-36,38-39,41-42,46H,4-25H2,1-3H3,(H,47,50)(H,51,52,53)(H,54,55,56). The molecule has 7 aliphatic rings. The summed E-state index contributed by atoms with van der Waals surface area (Å²) < 4.78 is 78.9. The Morgan fingerprint density at radius 3 is 2.12 bits per heavy atom. The Labute approximate surface area is 353 Å². The molecule has 334 valence electrons. The molecule has 6 fully saturated rings. The Bertz CT molecular complexity index is 1790. The molecule has 0 aromatic rings. The van der Waals surface area contributed by atoms with E-state index in [2.05, 4.69) is 24.5 Å². The predicted octanol–water partition coefficient (Wildman–Crippen LogP) is 7.17. The van der Waals surface area contributed by atoms with E-state index < -0.39 is 78.7 Å². The van der Waals surface area contributed by atoms with Crippen molar-refractivity contribution in [1.82, 2.24) is 10.6 Å². The van der Waals surface area contributed by atoms with Gasteiger partial charge in [0.05, 0.1) is 34.3 Å². The van der Waals surface area contributed by atoms with E-state index in [0.717, 1.165) is 95.5 Å². The number of hydrogen-bond donors (Lipinski definition) is 4. The van der Waals surface area contributed by atoms with Crippen LogP contribution in [0.1, 0.15) is 162 Å². The van der Waals surface area contributed by atoms with Crippen LogP contribution in [0.15, 0.2) is 11.1 Å². The molecule has 0 bridgehead atoms. The van der Waals surface area contributed by atoms with Gasteiger partial charge in [-0.05, 0) is 99.9 Å². The van der Waals surface area contributed by atoms with E-state index in [1.165, 1.54) is 6.42 Å². The molecule has 59 heavy (non-hydrogen) atoms. The van der Waals surface area contributed by atoms with E-state index in [9.17, 15) is 35.5 Å². The number of ketones is 2. The van der Waals surface area contributed by atoms with Crippen LogP contribution < -0.4 is 10.6 Å². The molecule has 1 heterocycles. The Morgan fingerprint density at radius 1 is 0.763 bits per heavy atom. The molecule has 14 unspecified atom stereocenters. The van der Waals surface area contributed by atoms with Crippen LogP contribution in [-0.2, 0) is 39.4 Å². The fourth-order valence-corrected chi connectivity index (χ4v) is 15.7. The molecular formula is C45H72N2O10S2. The van der Waals surface area contributed by atoms with E-state index in [-0.39, 0.29) is 59.2 Å². The lowest BCUT2D eigenvalue weighted by Crippen LogP contribution is -2.70. The van der Waals surface area contributed by atoms with Crippen molar-refractivity contribution in [3.8, 4) is 0 Å². The number of unbranched alkanes of at least 4 members (excludes halogenated alkanes) is 5.